The maximum Gasteiger partial charge on any atom is 0.265 e. The minimum atomic E-state index is 0.581. The van der Waals surface area contributed by atoms with E-state index in [4.69, 9.17) is 0 Å². The number of hydrogen-bond acceptors (Lipinski definition) is 2. The van der Waals surface area contributed by atoms with Crippen LogP contribution < -0.4 is 4.57 Å². The molecule has 0 bridgehead atoms. The topological polar surface area (TPSA) is 3.88 Å². The molecule has 0 spiro atoms. The number of benzene rings is 2. The first kappa shape index (κ1) is 17.3. The molecule has 1 unspecified atom stereocenters. The number of para-hydroxylation sites is 1. The third-order valence-electron chi connectivity index (χ3n) is 5.77. The van der Waals surface area contributed by atoms with Gasteiger partial charge in [0, 0.05) is 27.4 Å². The maximum absolute atomic E-state index is 2.51. The third-order valence-corrected chi connectivity index (χ3v) is 8.37. The van der Waals surface area contributed by atoms with E-state index in [-0.39, 0.29) is 0 Å². The van der Waals surface area contributed by atoms with E-state index in [1.54, 1.807) is 10.5 Å². The largest absolute Gasteiger partial charge is 0.265 e. The fraction of sp³-hybridized carbons (Fsp3) is 0.292. The first-order valence-electron chi connectivity index (χ1n) is 9.92. The number of allylic oxidation sites excluding steroid dienone is 4. The Labute approximate surface area is 169 Å². The number of aromatic nitrogens is 1. The second kappa shape index (κ2) is 6.96. The molecule has 0 saturated heterocycles. The number of nitrogens with zero attached hydrogens (tertiary/aromatic N) is 1. The highest BCUT2D eigenvalue weighted by atomic mass is 32.2. The molecule has 0 saturated carbocycles. The molecule has 3 heteroatoms. The van der Waals surface area contributed by atoms with Crippen LogP contribution in [-0.4, -0.2) is 0 Å². The van der Waals surface area contributed by atoms with Crippen LogP contribution in [0.3, 0.4) is 0 Å². The summed E-state index contributed by atoms with van der Waals surface area (Å²) in [6.07, 6.45) is 6.04. The summed E-state index contributed by atoms with van der Waals surface area (Å²) in [5.74, 6) is 0.581. The average molecular weight is 391 g/mol. The molecule has 1 atom stereocenters. The van der Waals surface area contributed by atoms with Gasteiger partial charge in [-0.3, -0.25) is 0 Å². The summed E-state index contributed by atoms with van der Waals surface area (Å²) in [6, 6.07) is 17.8. The minimum Gasteiger partial charge on any atom is -0.182 e. The highest BCUT2D eigenvalue weighted by molar-refractivity contribution is 8.03. The van der Waals surface area contributed by atoms with Crippen LogP contribution in [0, 0.1) is 0 Å². The second-order valence-corrected chi connectivity index (χ2v) is 9.39. The number of fused-ring (bicyclic) bond motifs is 2. The van der Waals surface area contributed by atoms with Gasteiger partial charge in [0.15, 0.2) is 0 Å². The second-order valence-electron chi connectivity index (χ2n) is 7.28. The van der Waals surface area contributed by atoms with Crippen LogP contribution >= 0.6 is 23.1 Å². The smallest absolute Gasteiger partial charge is 0.182 e. The van der Waals surface area contributed by atoms with Crippen molar-refractivity contribution in [3.05, 3.63) is 75.7 Å². The number of aryl methyl sites for hydroxylation is 1. The molecule has 1 aromatic heterocycles. The molecule has 2 heterocycles. The van der Waals surface area contributed by atoms with Gasteiger partial charge in [0.25, 0.3) is 5.01 Å². The lowest BCUT2D eigenvalue weighted by molar-refractivity contribution is -0.665. The van der Waals surface area contributed by atoms with Crippen molar-refractivity contribution < 1.29 is 4.57 Å². The van der Waals surface area contributed by atoms with Gasteiger partial charge < -0.3 is 0 Å². The average Bonchev–Trinajstić information content (AvgIpc) is 3.41. The molecule has 1 nitrogen and oxygen atoms in total. The normalized spacial score (nSPS) is 21.7. The van der Waals surface area contributed by atoms with Crippen LogP contribution in [-0.2, 0) is 6.54 Å². The predicted octanol–water partition coefficient (Wildman–Crippen LogP) is 6.94. The maximum atomic E-state index is 2.51. The van der Waals surface area contributed by atoms with Gasteiger partial charge in [-0.1, -0.05) is 60.4 Å². The van der Waals surface area contributed by atoms with Crippen molar-refractivity contribution in [2.24, 2.45) is 0 Å². The Morgan fingerprint density at radius 1 is 1.00 bits per heavy atom. The van der Waals surface area contributed by atoms with E-state index in [0.29, 0.717) is 5.92 Å². The standard InChI is InChI=1S/C24H24NS2/c1-3-18-19-9-5-7-11-21(19)26-23(18)16-13-14-17(15-16)24-25(4-2)20-10-6-8-12-22(20)27-24/h5-12,15,18H,3-4,13-14H2,1-2H3/q+1/b23-16-. The molecule has 1 aliphatic heterocycles. The van der Waals surface area contributed by atoms with Crippen molar-refractivity contribution in [1.82, 2.24) is 0 Å². The van der Waals surface area contributed by atoms with Gasteiger partial charge in [-0.25, -0.2) is 0 Å². The van der Waals surface area contributed by atoms with Crippen LogP contribution in [0.15, 0.2) is 70.0 Å². The van der Waals surface area contributed by atoms with Crippen molar-refractivity contribution in [1.29, 1.82) is 0 Å². The minimum absolute atomic E-state index is 0.581. The van der Waals surface area contributed by atoms with Gasteiger partial charge >= 0.3 is 0 Å². The third kappa shape index (κ3) is 2.79. The zero-order valence-corrected chi connectivity index (χ0v) is 17.5. The lowest BCUT2D eigenvalue weighted by Crippen LogP contribution is -2.34. The van der Waals surface area contributed by atoms with Crippen molar-refractivity contribution in [2.75, 3.05) is 0 Å². The lowest BCUT2D eigenvalue weighted by Gasteiger charge is -2.11. The number of thioether (sulfide) groups is 1. The van der Waals surface area contributed by atoms with E-state index >= 15 is 0 Å². The highest BCUT2D eigenvalue weighted by Gasteiger charge is 2.31. The molecule has 27 heavy (non-hydrogen) atoms. The Morgan fingerprint density at radius 2 is 1.81 bits per heavy atom. The number of hydrogen-bond donors (Lipinski definition) is 0. The van der Waals surface area contributed by atoms with Crippen LogP contribution in [0.2, 0.25) is 0 Å². The molecule has 0 radical (unpaired) electrons. The van der Waals surface area contributed by atoms with Crippen LogP contribution in [0.1, 0.15) is 49.6 Å². The first-order chi connectivity index (χ1) is 13.3. The zero-order valence-electron chi connectivity index (χ0n) is 15.9. The summed E-state index contributed by atoms with van der Waals surface area (Å²) in [4.78, 5) is 3.05. The Morgan fingerprint density at radius 3 is 2.67 bits per heavy atom. The molecule has 0 amide bonds. The summed E-state index contributed by atoms with van der Waals surface area (Å²) in [5.41, 5.74) is 5.99. The van der Waals surface area contributed by atoms with Crippen molar-refractivity contribution >= 4 is 38.9 Å². The number of thiazole rings is 1. The molecule has 2 aliphatic rings. The van der Waals surface area contributed by atoms with Gasteiger partial charge in [0.05, 0.1) is 0 Å². The highest BCUT2D eigenvalue weighted by Crippen LogP contribution is 2.53. The van der Waals surface area contributed by atoms with E-state index in [9.17, 15) is 0 Å². The molecular formula is C24H24NS2+. The Kier molecular flexibility index (Phi) is 4.45. The van der Waals surface area contributed by atoms with Gasteiger partial charge in [-0.05, 0) is 55.5 Å². The molecule has 3 aromatic rings. The van der Waals surface area contributed by atoms with E-state index in [1.165, 1.54) is 50.5 Å². The lowest BCUT2D eigenvalue weighted by atomic mass is 9.94. The van der Waals surface area contributed by atoms with Gasteiger partial charge in [-0.2, -0.15) is 4.57 Å². The van der Waals surface area contributed by atoms with Gasteiger partial charge in [-0.15, -0.1) is 0 Å². The summed E-state index contributed by atoms with van der Waals surface area (Å²) in [6.45, 7) is 5.61. The quantitative estimate of drug-likeness (QED) is 0.438. The first-order valence-corrected chi connectivity index (χ1v) is 11.6. The van der Waals surface area contributed by atoms with Gasteiger partial charge in [0.1, 0.15) is 11.2 Å². The Balaban J connectivity index is 1.59. The van der Waals surface area contributed by atoms with Crippen LogP contribution in [0.4, 0.5) is 0 Å². The Hall–Kier alpha value is -1.84. The fourth-order valence-electron chi connectivity index (χ4n) is 4.46. The van der Waals surface area contributed by atoms with Gasteiger partial charge in [0.2, 0.25) is 5.52 Å². The van der Waals surface area contributed by atoms with Crippen molar-refractivity contribution in [3.63, 3.8) is 0 Å². The van der Waals surface area contributed by atoms with E-state index < -0.39 is 0 Å². The van der Waals surface area contributed by atoms with E-state index in [2.05, 4.69) is 73.0 Å². The summed E-state index contributed by atoms with van der Waals surface area (Å²) in [7, 11) is 0. The van der Waals surface area contributed by atoms with E-state index in [1.807, 2.05) is 23.1 Å². The summed E-state index contributed by atoms with van der Waals surface area (Å²) in [5, 5.41) is 1.45. The monoisotopic (exact) mass is 390 g/mol. The molecule has 0 fully saturated rings. The molecular weight excluding hydrogens is 366 g/mol. The SMILES string of the molecule is CCC1/C(=C2/C=C(c3sc4ccccc4[n+]3CC)CC2)Sc2ccccc21. The fourth-order valence-corrected chi connectivity index (χ4v) is 7.17. The molecule has 0 N–H and O–H groups in total. The predicted molar refractivity (Wildman–Crippen MR) is 117 cm³/mol. The number of rotatable bonds is 3. The summed E-state index contributed by atoms with van der Waals surface area (Å²) >= 11 is 3.96. The summed E-state index contributed by atoms with van der Waals surface area (Å²) < 4.78 is 3.89. The molecule has 1 aliphatic carbocycles. The zero-order chi connectivity index (χ0) is 18.4. The molecule has 2 aromatic carbocycles. The molecule has 5 rings (SSSR count). The Bertz CT molecular complexity index is 1090. The van der Waals surface area contributed by atoms with E-state index in [0.717, 1.165) is 6.54 Å². The molecule has 136 valence electrons. The van der Waals surface area contributed by atoms with Crippen LogP contribution in [0.25, 0.3) is 15.8 Å². The van der Waals surface area contributed by atoms with Crippen LogP contribution in [0.5, 0.6) is 0 Å². The van der Waals surface area contributed by atoms with Crippen molar-refractivity contribution in [3.8, 4) is 0 Å². The van der Waals surface area contributed by atoms with Crippen molar-refractivity contribution in [2.45, 2.75) is 50.5 Å².